The molecule has 1 unspecified atom stereocenters. The molecule has 0 saturated carbocycles. The van der Waals surface area contributed by atoms with Crippen LogP contribution in [-0.4, -0.2) is 76.8 Å². The molecule has 3 heterocycles. The van der Waals surface area contributed by atoms with Crippen molar-refractivity contribution in [3.8, 4) is 5.75 Å². The van der Waals surface area contributed by atoms with Gasteiger partial charge in [0.25, 0.3) is 0 Å². The molecule has 37 heavy (non-hydrogen) atoms. The maximum absolute atomic E-state index is 12.1. The van der Waals surface area contributed by atoms with Crippen molar-refractivity contribution in [3.63, 3.8) is 0 Å². The van der Waals surface area contributed by atoms with Crippen molar-refractivity contribution in [1.82, 2.24) is 15.1 Å². The van der Waals surface area contributed by atoms with Crippen LogP contribution in [0.1, 0.15) is 77.2 Å². The lowest BCUT2D eigenvalue weighted by atomic mass is 9.90. The third-order valence-electron chi connectivity index (χ3n) is 6.54. The van der Waals surface area contributed by atoms with Crippen LogP contribution in [0.2, 0.25) is 0 Å². The highest BCUT2D eigenvalue weighted by atomic mass is 16.6. The zero-order valence-corrected chi connectivity index (χ0v) is 22.0. The van der Waals surface area contributed by atoms with Crippen LogP contribution in [0.4, 0.5) is 9.59 Å². The molecule has 0 radical (unpaired) electrons. The Bertz CT molecular complexity index is 944. The summed E-state index contributed by atoms with van der Waals surface area (Å²) in [6, 6.07) is 7.48. The van der Waals surface area contributed by atoms with E-state index in [0.29, 0.717) is 25.9 Å². The number of carbonyl (C=O) groups excluding carboxylic acids is 3. The molecule has 1 atom stereocenters. The van der Waals surface area contributed by atoms with Crippen molar-refractivity contribution >= 4 is 24.0 Å². The van der Waals surface area contributed by atoms with Crippen molar-refractivity contribution < 1.29 is 33.8 Å². The van der Waals surface area contributed by atoms with Gasteiger partial charge >= 0.3 is 12.2 Å². The number of likely N-dealkylation sites (tertiary alicyclic amines) is 2. The summed E-state index contributed by atoms with van der Waals surface area (Å²) in [5.74, 6) is 0.00828. The first-order chi connectivity index (χ1) is 17.5. The van der Waals surface area contributed by atoms with E-state index < -0.39 is 11.7 Å². The van der Waals surface area contributed by atoms with Gasteiger partial charge in [-0.25, -0.2) is 9.59 Å². The van der Waals surface area contributed by atoms with Gasteiger partial charge < -0.3 is 24.4 Å². The lowest BCUT2D eigenvalue weighted by molar-refractivity contribution is -0.134. The van der Waals surface area contributed by atoms with E-state index in [1.165, 1.54) is 11.3 Å². The number of nitrogens with zero attached hydrogens (tertiary/aromatic N) is 2. The summed E-state index contributed by atoms with van der Waals surface area (Å²) < 4.78 is 11.4. The molecule has 2 N–H and O–H groups in total. The predicted octanol–water partition coefficient (Wildman–Crippen LogP) is 4.14. The van der Waals surface area contributed by atoms with Gasteiger partial charge in [0.05, 0.1) is 5.92 Å². The quantitative estimate of drug-likeness (QED) is 0.577. The number of hydrogen-bond donors (Lipinski definition) is 2. The number of amides is 4. The van der Waals surface area contributed by atoms with E-state index in [1.807, 2.05) is 45.0 Å². The van der Waals surface area contributed by atoms with Crippen LogP contribution in [0.3, 0.4) is 0 Å². The van der Waals surface area contributed by atoms with E-state index in [0.717, 1.165) is 50.1 Å². The first-order valence-electron chi connectivity index (χ1n) is 13.1. The molecule has 1 aromatic rings. The summed E-state index contributed by atoms with van der Waals surface area (Å²) >= 11 is 0. The number of piperidine rings is 3. The number of benzene rings is 1. The Kier molecular flexibility index (Phi) is 9.77. The van der Waals surface area contributed by atoms with Crippen molar-refractivity contribution in [2.45, 2.75) is 83.3 Å². The number of hydrogen-bond acceptors (Lipinski definition) is 6. The van der Waals surface area contributed by atoms with Gasteiger partial charge in [-0.2, -0.15) is 0 Å². The van der Waals surface area contributed by atoms with Crippen molar-refractivity contribution in [2.75, 3.05) is 26.2 Å². The fourth-order valence-electron chi connectivity index (χ4n) is 4.55. The van der Waals surface area contributed by atoms with Crippen LogP contribution in [0.25, 0.3) is 0 Å². The first-order valence-corrected chi connectivity index (χ1v) is 13.1. The third-order valence-corrected chi connectivity index (χ3v) is 6.54. The van der Waals surface area contributed by atoms with E-state index in [9.17, 15) is 19.2 Å². The second kappa shape index (κ2) is 12.8. The Morgan fingerprint density at radius 2 is 1.54 bits per heavy atom. The summed E-state index contributed by atoms with van der Waals surface area (Å²) in [7, 11) is 0. The van der Waals surface area contributed by atoms with Crippen LogP contribution < -0.4 is 10.1 Å². The van der Waals surface area contributed by atoms with Crippen molar-refractivity contribution in [3.05, 3.63) is 29.8 Å². The minimum Gasteiger partial charge on any atom is -0.490 e. The summed E-state index contributed by atoms with van der Waals surface area (Å²) in [4.78, 5) is 48.8. The Hall–Kier alpha value is -3.30. The smallest absolute Gasteiger partial charge is 0.410 e. The summed E-state index contributed by atoms with van der Waals surface area (Å²) in [5.41, 5.74) is 0.395. The predicted molar refractivity (Wildman–Crippen MR) is 136 cm³/mol. The Morgan fingerprint density at radius 3 is 2.05 bits per heavy atom. The van der Waals surface area contributed by atoms with Crippen molar-refractivity contribution in [2.24, 2.45) is 0 Å². The van der Waals surface area contributed by atoms with Crippen molar-refractivity contribution in [1.29, 1.82) is 0 Å². The molecule has 10 nitrogen and oxygen atoms in total. The molecular weight excluding hydrogens is 478 g/mol. The molecule has 4 rings (SSSR count). The number of carboxylic acid groups (broad SMARTS) is 1. The highest BCUT2D eigenvalue weighted by molar-refractivity contribution is 6.00. The van der Waals surface area contributed by atoms with E-state index in [-0.39, 0.29) is 29.9 Å². The molecular formula is C27H39N3O7. The maximum atomic E-state index is 12.1. The molecule has 3 aliphatic rings. The molecule has 3 fully saturated rings. The van der Waals surface area contributed by atoms with Gasteiger partial charge in [0.15, 0.2) is 0 Å². The van der Waals surface area contributed by atoms with Gasteiger partial charge in [0.2, 0.25) is 11.8 Å². The van der Waals surface area contributed by atoms with Gasteiger partial charge in [-0.15, -0.1) is 0 Å². The summed E-state index contributed by atoms with van der Waals surface area (Å²) in [6.45, 7) is 8.25. The summed E-state index contributed by atoms with van der Waals surface area (Å²) in [5, 5.41) is 10.8. The SMILES string of the molecule is CC(C)(C)OC(=O)N1CCC(Oc2ccc(C3CCC(=O)NC3=O)cc2)CC1.O=C(O)N1CCCCC1. The largest absolute Gasteiger partial charge is 0.490 e. The van der Waals surface area contributed by atoms with E-state index in [2.05, 4.69) is 5.32 Å². The second-order valence-corrected chi connectivity index (χ2v) is 10.7. The minimum absolute atomic E-state index is 0.0418. The third kappa shape index (κ3) is 8.94. The molecule has 0 aromatic heterocycles. The number of rotatable bonds is 3. The minimum atomic E-state index is -0.769. The highest BCUT2D eigenvalue weighted by Gasteiger charge is 2.29. The van der Waals surface area contributed by atoms with Gasteiger partial charge in [-0.05, 0) is 64.2 Å². The highest BCUT2D eigenvalue weighted by Crippen LogP contribution is 2.27. The fourth-order valence-corrected chi connectivity index (χ4v) is 4.55. The van der Waals surface area contributed by atoms with Gasteiger partial charge in [-0.1, -0.05) is 12.1 Å². The normalized spacial score (nSPS) is 20.9. The van der Waals surface area contributed by atoms with Crippen LogP contribution in [0.5, 0.6) is 5.75 Å². The summed E-state index contributed by atoms with van der Waals surface area (Å²) in [6.07, 6.45) is 4.64. The number of imide groups is 1. The molecule has 204 valence electrons. The van der Waals surface area contributed by atoms with E-state index in [4.69, 9.17) is 14.6 Å². The second-order valence-electron chi connectivity index (χ2n) is 10.7. The molecule has 10 heteroatoms. The van der Waals surface area contributed by atoms with E-state index >= 15 is 0 Å². The Labute approximate surface area is 218 Å². The number of ether oxygens (including phenoxy) is 2. The lowest BCUT2D eigenvalue weighted by Gasteiger charge is -2.33. The number of nitrogens with one attached hydrogen (secondary N) is 1. The van der Waals surface area contributed by atoms with Crippen LogP contribution in [0.15, 0.2) is 24.3 Å². The Morgan fingerprint density at radius 1 is 0.919 bits per heavy atom. The molecule has 4 amide bonds. The fraction of sp³-hybridized carbons (Fsp3) is 0.630. The first kappa shape index (κ1) is 28.3. The standard InChI is InChI=1S/C21H28N2O5.C6H11NO2/c1-21(2,3)28-20(26)23-12-10-16(11-13-23)27-15-6-4-14(5-7-15)17-8-9-18(24)22-19(17)25;8-6(9)7-4-2-1-3-5-7/h4-7,16-17H,8-13H2,1-3H3,(H,22,24,25);1-5H2,(H,8,9). The average Bonchev–Trinajstić information content (AvgIpc) is 2.85. The maximum Gasteiger partial charge on any atom is 0.410 e. The monoisotopic (exact) mass is 517 g/mol. The molecule has 3 saturated heterocycles. The van der Waals surface area contributed by atoms with Gasteiger partial charge in [0.1, 0.15) is 17.5 Å². The zero-order valence-electron chi connectivity index (χ0n) is 22.0. The topological polar surface area (TPSA) is 125 Å². The van der Waals surface area contributed by atoms with Gasteiger partial charge in [0, 0.05) is 45.4 Å². The Balaban J connectivity index is 0.000000356. The molecule has 3 aliphatic heterocycles. The van der Waals surface area contributed by atoms with Crippen LogP contribution in [-0.2, 0) is 14.3 Å². The van der Waals surface area contributed by atoms with Gasteiger partial charge in [-0.3, -0.25) is 14.9 Å². The molecule has 1 aromatic carbocycles. The molecule has 0 spiro atoms. The number of carbonyl (C=O) groups is 4. The molecule has 0 aliphatic carbocycles. The average molecular weight is 518 g/mol. The molecule has 0 bridgehead atoms. The zero-order chi connectivity index (χ0) is 27.0. The lowest BCUT2D eigenvalue weighted by Crippen LogP contribution is -2.44. The van der Waals surface area contributed by atoms with Crippen LogP contribution in [0, 0.1) is 0 Å². The van der Waals surface area contributed by atoms with Crippen LogP contribution >= 0.6 is 0 Å². The van der Waals surface area contributed by atoms with E-state index in [1.54, 1.807) is 4.90 Å².